The summed E-state index contributed by atoms with van der Waals surface area (Å²) in [5.74, 6) is 2.83. The van der Waals surface area contributed by atoms with Crippen molar-refractivity contribution in [3.63, 3.8) is 0 Å². The number of carbonyl (C=O) groups excluding carboxylic acids is 1. The lowest BCUT2D eigenvalue weighted by Crippen LogP contribution is -1.26. The molecule has 0 unspecified atom stereocenters. The molecule has 102 valence electrons. The van der Waals surface area contributed by atoms with E-state index in [1.54, 1.807) is 13.1 Å². The number of carbonyl (C=O) groups is 1. The van der Waals surface area contributed by atoms with E-state index in [0.717, 1.165) is 0 Å². The molecule has 0 aromatic rings. The van der Waals surface area contributed by atoms with Gasteiger partial charge in [-0.2, -0.15) is 0 Å². The van der Waals surface area contributed by atoms with E-state index in [0.29, 0.717) is 0 Å². The van der Waals surface area contributed by atoms with Crippen LogP contribution in [0.15, 0.2) is 17.6 Å². The Hall–Kier alpha value is -0.830. The first-order valence-electron chi connectivity index (χ1n) is 5.33. The molecular weight excluding hydrogens is 218 g/mol. The van der Waals surface area contributed by atoms with Gasteiger partial charge < -0.3 is 9.79 Å². The highest BCUT2D eigenvalue weighted by Gasteiger charge is 1.15. The van der Waals surface area contributed by atoms with Gasteiger partial charge in [0.25, 0.3) is 0 Å². The zero-order valence-electron chi connectivity index (χ0n) is 12.7. The Morgan fingerprint density at radius 3 is 0.938 bits per heavy atom. The minimum atomic E-state index is 1.64. The molecule has 0 aliphatic rings. The molecule has 0 amide bonds. The van der Waals surface area contributed by atoms with E-state index < -0.39 is 0 Å². The summed E-state index contributed by atoms with van der Waals surface area (Å²) in [5.41, 5.74) is 0. The fourth-order valence-electron chi connectivity index (χ4n) is 0. The second kappa shape index (κ2) is 1800. The maximum absolute atomic E-state index is 8.00. The third-order valence-electron chi connectivity index (χ3n) is 0. The Kier molecular flexibility index (Phi) is 5120. The van der Waals surface area contributed by atoms with Crippen molar-refractivity contribution in [2.45, 2.75) is 48.5 Å². The van der Waals surface area contributed by atoms with Crippen LogP contribution in [0.25, 0.3) is 0 Å². The fourth-order valence-corrected chi connectivity index (χ4v) is 0. The minimum Gasteiger partial charge on any atom is -0.307 e. The highest BCUT2D eigenvalue weighted by atomic mass is 32.1. The molecule has 2 nitrogen and oxygen atoms in total. The van der Waals surface area contributed by atoms with E-state index in [9.17, 15) is 0 Å². The molecule has 3 heteroatoms. The van der Waals surface area contributed by atoms with Gasteiger partial charge in [0.05, 0.1) is 0 Å². The molecule has 0 aliphatic heterocycles. The van der Waals surface area contributed by atoms with Crippen LogP contribution in [0.1, 0.15) is 48.5 Å². The van der Waals surface area contributed by atoms with E-state index in [-0.39, 0.29) is 0 Å². The average molecular weight is 251 g/mol. The first kappa shape index (κ1) is 45.6. The maximum atomic E-state index is 8.00. The molecule has 0 saturated heterocycles. The zero-order valence-corrected chi connectivity index (χ0v) is 13.5. The van der Waals surface area contributed by atoms with E-state index in [1.165, 1.54) is 0 Å². The van der Waals surface area contributed by atoms with Gasteiger partial charge in [0, 0.05) is 7.05 Å². The molecule has 0 rings (SSSR count). The molecule has 0 spiro atoms. The van der Waals surface area contributed by atoms with Gasteiger partial charge in [-0.05, 0) is 19.5 Å². The molecule has 0 heterocycles. The van der Waals surface area contributed by atoms with Crippen LogP contribution in [0.2, 0.25) is 0 Å². The van der Waals surface area contributed by atoms with Crippen molar-refractivity contribution < 1.29 is 4.79 Å². The van der Waals surface area contributed by atoms with E-state index >= 15 is 0 Å². The number of hydrogen-bond acceptors (Lipinski definition) is 3. The smallest absolute Gasteiger partial charge is 0.106 e. The molecule has 0 aromatic carbocycles. The number of thiocarbonyl (C=S) groups is 1. The van der Waals surface area contributed by atoms with Crippen LogP contribution in [-0.4, -0.2) is 26.4 Å². The number of nitrogens with zero attached hydrogens (tertiary/aromatic N) is 1. The van der Waals surface area contributed by atoms with Crippen molar-refractivity contribution in [3.8, 4) is 0 Å². The van der Waals surface area contributed by atoms with E-state index in [4.69, 9.17) is 4.79 Å². The topological polar surface area (TPSA) is 29.4 Å². The number of rotatable bonds is 0. The summed E-state index contributed by atoms with van der Waals surface area (Å²) < 4.78 is 0. The highest BCUT2D eigenvalue weighted by molar-refractivity contribution is 7.77. The summed E-state index contributed by atoms with van der Waals surface area (Å²) in [6.45, 7) is 22.4. The molecule has 0 atom stereocenters. The summed E-state index contributed by atoms with van der Waals surface area (Å²) in [7, 11) is 1.64. The summed E-state index contributed by atoms with van der Waals surface area (Å²) in [6, 6.07) is 0. The lowest BCUT2D eigenvalue weighted by Gasteiger charge is -1.38. The van der Waals surface area contributed by atoms with Crippen LogP contribution in [-0.2, 0) is 4.79 Å². The Labute approximate surface area is 110 Å². The van der Waals surface area contributed by atoms with Gasteiger partial charge in [0.1, 0.15) is 6.79 Å². The fraction of sp³-hybridized carbons (Fsp3) is 0.615. The summed E-state index contributed by atoms with van der Waals surface area (Å²) >= 11 is 3.83. The van der Waals surface area contributed by atoms with Gasteiger partial charge in [-0.25, -0.2) is 0 Å². The van der Waals surface area contributed by atoms with E-state index in [2.05, 4.69) is 36.4 Å². The summed E-state index contributed by atoms with van der Waals surface area (Å²) in [5, 5.41) is 0. The molecule has 0 aromatic heterocycles. The van der Waals surface area contributed by atoms with Gasteiger partial charge in [0.2, 0.25) is 0 Å². The SMILES string of the molecule is C=CC.C=NC.C=O.C=S.CC.CC.CC. The van der Waals surface area contributed by atoms with Crippen LogP contribution in [0.5, 0.6) is 0 Å². The summed E-state index contributed by atoms with van der Waals surface area (Å²) in [4.78, 5) is 11.2. The lowest BCUT2D eigenvalue weighted by atomic mass is 10.8. The third kappa shape index (κ3) is 2830. The second-order valence-corrected chi connectivity index (χ2v) is 0.724. The molecule has 0 N–H and O–H groups in total. The van der Waals surface area contributed by atoms with Crippen molar-refractivity contribution in [3.05, 3.63) is 12.7 Å². The molecule has 0 radical (unpaired) electrons. The van der Waals surface area contributed by atoms with Crippen LogP contribution < -0.4 is 0 Å². The van der Waals surface area contributed by atoms with Crippen molar-refractivity contribution in [1.29, 1.82) is 0 Å². The normalized spacial score (nSPS) is 3.25. The third-order valence-corrected chi connectivity index (χ3v) is 0. The molecule has 0 fully saturated rings. The van der Waals surface area contributed by atoms with Gasteiger partial charge in [-0.3, -0.25) is 0 Å². The van der Waals surface area contributed by atoms with Crippen molar-refractivity contribution in [1.82, 2.24) is 0 Å². The van der Waals surface area contributed by atoms with Crippen LogP contribution >= 0.6 is 12.2 Å². The predicted octanol–water partition coefficient (Wildman–Crippen LogP) is 5.02. The van der Waals surface area contributed by atoms with Crippen LogP contribution in [0.3, 0.4) is 0 Å². The molecule has 0 saturated carbocycles. The van der Waals surface area contributed by atoms with Crippen LogP contribution in [0, 0.1) is 0 Å². The van der Waals surface area contributed by atoms with Crippen molar-refractivity contribution in [2.75, 3.05) is 7.05 Å². The zero-order chi connectivity index (χ0) is 15.4. The molecule has 0 aliphatic carbocycles. The predicted molar refractivity (Wildman–Crippen MR) is 87.2 cm³/mol. The Bertz CT molecular complexity index is 51.9. The quantitative estimate of drug-likeness (QED) is 0.344. The van der Waals surface area contributed by atoms with Gasteiger partial charge in [-0.15, -0.1) is 6.58 Å². The number of hydrogen-bond donors (Lipinski definition) is 0. The Morgan fingerprint density at radius 1 is 0.938 bits per heavy atom. The lowest BCUT2D eigenvalue weighted by molar-refractivity contribution is -0.0979. The van der Waals surface area contributed by atoms with Gasteiger partial charge >= 0.3 is 0 Å². The monoisotopic (exact) mass is 251 g/mol. The first-order valence-corrected chi connectivity index (χ1v) is 5.90. The van der Waals surface area contributed by atoms with Crippen LogP contribution in [0.4, 0.5) is 0 Å². The van der Waals surface area contributed by atoms with E-state index in [1.807, 2.05) is 55.3 Å². The highest BCUT2D eigenvalue weighted by Crippen LogP contribution is 1.38. The number of aliphatic imine (C=N–C) groups is 1. The van der Waals surface area contributed by atoms with Gasteiger partial charge in [-0.1, -0.05) is 59.8 Å². The van der Waals surface area contributed by atoms with Crippen molar-refractivity contribution >= 4 is 31.6 Å². The molecular formula is C13H33NOS. The molecule has 0 bridgehead atoms. The summed E-state index contributed by atoms with van der Waals surface area (Å²) in [6.07, 6.45) is 1.75. The largest absolute Gasteiger partial charge is 0.307 e. The minimum absolute atomic E-state index is 1.64. The Morgan fingerprint density at radius 2 is 0.938 bits per heavy atom. The molecule has 16 heavy (non-hydrogen) atoms. The maximum Gasteiger partial charge on any atom is 0.106 e. The Balaban J connectivity index is -0.0000000120. The standard InChI is InChI=1S/C3H6.C2H5N.3C2H6.CH2O.CH2S/c2*1-3-2;5*1-2/h3H,1H2,2H3;1H2,2H3;3*1-2H3;2*1H2. The van der Waals surface area contributed by atoms with Crippen molar-refractivity contribution in [2.24, 2.45) is 4.99 Å². The second-order valence-electron chi connectivity index (χ2n) is 0.724. The van der Waals surface area contributed by atoms with Gasteiger partial charge in [0.15, 0.2) is 0 Å². The number of allylic oxidation sites excluding steroid dienone is 1. The average Bonchev–Trinajstić information content (AvgIpc) is 2.42. The first-order chi connectivity index (χ1) is 7.83.